The van der Waals surface area contributed by atoms with E-state index in [1.807, 2.05) is 0 Å². The van der Waals surface area contributed by atoms with Gasteiger partial charge in [0, 0.05) is 32.2 Å². The van der Waals surface area contributed by atoms with Gasteiger partial charge in [-0.15, -0.1) is 0 Å². The molecule has 5 heteroatoms. The van der Waals surface area contributed by atoms with Gasteiger partial charge in [-0.05, 0) is 25.0 Å². The first-order valence-corrected chi connectivity index (χ1v) is 9.43. The molecular formula is C19H28N4O. The largest absolute Gasteiger partial charge is 0.378 e. The predicted molar refractivity (Wildman–Crippen MR) is 98.2 cm³/mol. The summed E-state index contributed by atoms with van der Waals surface area (Å²) in [5, 5.41) is 3.52. The van der Waals surface area contributed by atoms with Crippen molar-refractivity contribution in [1.82, 2.24) is 10.2 Å². The minimum atomic E-state index is 0.669. The number of benzene rings is 1. The standard InChI is InChI=1S/C19H28N4O/c1-2-6-16(7-3-1)23-11-10-20-19(23)21-17-8-4-5-9-18(17)22-12-14-24-15-13-22/h4-5,8-9,16H,1-3,6-7,10-15H2,(H,20,21). The third kappa shape index (κ3) is 3.36. The second kappa shape index (κ2) is 7.43. The van der Waals surface area contributed by atoms with Crippen LogP contribution in [0.25, 0.3) is 0 Å². The van der Waals surface area contributed by atoms with E-state index in [2.05, 4.69) is 39.4 Å². The second-order valence-electron chi connectivity index (χ2n) is 6.94. The molecule has 1 saturated carbocycles. The van der Waals surface area contributed by atoms with Crippen LogP contribution in [0.3, 0.4) is 0 Å². The monoisotopic (exact) mass is 328 g/mol. The SMILES string of the molecule is c1ccc(N2CCOCC2)c(/N=C2\NCCN2C2CCCCC2)c1. The molecule has 0 spiro atoms. The Bertz CT molecular complexity index is 576. The summed E-state index contributed by atoms with van der Waals surface area (Å²) in [4.78, 5) is 9.94. The zero-order valence-electron chi connectivity index (χ0n) is 14.4. The van der Waals surface area contributed by atoms with Crippen LogP contribution in [-0.2, 0) is 4.74 Å². The number of guanidine groups is 1. The van der Waals surface area contributed by atoms with Crippen LogP contribution in [0.4, 0.5) is 11.4 Å². The molecule has 130 valence electrons. The fourth-order valence-electron chi connectivity index (χ4n) is 4.09. The Morgan fingerprint density at radius 2 is 1.79 bits per heavy atom. The lowest BCUT2D eigenvalue weighted by molar-refractivity contribution is 0.123. The summed E-state index contributed by atoms with van der Waals surface area (Å²) >= 11 is 0. The van der Waals surface area contributed by atoms with Crippen LogP contribution in [-0.4, -0.2) is 56.3 Å². The Kier molecular flexibility index (Phi) is 4.88. The van der Waals surface area contributed by atoms with E-state index in [1.54, 1.807) is 0 Å². The first-order chi connectivity index (χ1) is 11.9. The lowest BCUT2D eigenvalue weighted by Crippen LogP contribution is -2.40. The zero-order valence-corrected chi connectivity index (χ0v) is 14.4. The number of aliphatic imine (C=N–C) groups is 1. The molecule has 5 nitrogen and oxygen atoms in total. The van der Waals surface area contributed by atoms with E-state index in [-0.39, 0.29) is 0 Å². The maximum atomic E-state index is 5.49. The summed E-state index contributed by atoms with van der Waals surface area (Å²) in [6, 6.07) is 9.18. The Hall–Kier alpha value is -1.75. The molecule has 0 bridgehead atoms. The highest BCUT2D eigenvalue weighted by Gasteiger charge is 2.27. The average Bonchev–Trinajstić information content (AvgIpc) is 3.12. The smallest absolute Gasteiger partial charge is 0.199 e. The van der Waals surface area contributed by atoms with Crippen molar-refractivity contribution in [2.24, 2.45) is 4.99 Å². The number of hydrogen-bond acceptors (Lipinski definition) is 3. The lowest BCUT2D eigenvalue weighted by atomic mass is 9.94. The minimum Gasteiger partial charge on any atom is -0.378 e. The van der Waals surface area contributed by atoms with Gasteiger partial charge in [0.15, 0.2) is 5.96 Å². The summed E-state index contributed by atoms with van der Waals surface area (Å²) in [5.41, 5.74) is 2.30. The van der Waals surface area contributed by atoms with E-state index >= 15 is 0 Å². The molecule has 1 aromatic rings. The maximum absolute atomic E-state index is 5.49. The van der Waals surface area contributed by atoms with Gasteiger partial charge in [-0.25, -0.2) is 4.99 Å². The number of anilines is 1. The first kappa shape index (κ1) is 15.8. The van der Waals surface area contributed by atoms with Crippen molar-refractivity contribution in [2.45, 2.75) is 38.1 Å². The topological polar surface area (TPSA) is 40.1 Å². The molecular weight excluding hydrogens is 300 g/mol. The van der Waals surface area contributed by atoms with Gasteiger partial charge in [0.25, 0.3) is 0 Å². The van der Waals surface area contributed by atoms with Crippen LogP contribution in [0.1, 0.15) is 32.1 Å². The molecule has 0 radical (unpaired) electrons. The Morgan fingerprint density at radius 3 is 2.62 bits per heavy atom. The van der Waals surface area contributed by atoms with E-state index in [0.717, 1.165) is 51.0 Å². The number of nitrogens with zero attached hydrogens (tertiary/aromatic N) is 3. The van der Waals surface area contributed by atoms with E-state index < -0.39 is 0 Å². The van der Waals surface area contributed by atoms with Gasteiger partial charge < -0.3 is 19.9 Å². The van der Waals surface area contributed by atoms with Crippen LogP contribution in [0.5, 0.6) is 0 Å². The van der Waals surface area contributed by atoms with Crippen LogP contribution in [0.2, 0.25) is 0 Å². The molecule has 4 rings (SSSR count). The molecule has 24 heavy (non-hydrogen) atoms. The molecule has 2 aliphatic heterocycles. The first-order valence-electron chi connectivity index (χ1n) is 9.43. The van der Waals surface area contributed by atoms with Crippen LogP contribution in [0, 0.1) is 0 Å². The molecule has 1 aromatic carbocycles. The second-order valence-corrected chi connectivity index (χ2v) is 6.94. The lowest BCUT2D eigenvalue weighted by Gasteiger charge is -2.32. The van der Waals surface area contributed by atoms with Gasteiger partial charge in [0.1, 0.15) is 0 Å². The highest BCUT2D eigenvalue weighted by molar-refractivity contribution is 5.87. The van der Waals surface area contributed by atoms with Crippen LogP contribution < -0.4 is 10.2 Å². The third-order valence-electron chi connectivity index (χ3n) is 5.38. The van der Waals surface area contributed by atoms with Gasteiger partial charge in [-0.1, -0.05) is 31.4 Å². The van der Waals surface area contributed by atoms with Crippen LogP contribution in [0.15, 0.2) is 29.3 Å². The molecule has 1 aliphatic carbocycles. The molecule has 0 aromatic heterocycles. The highest BCUT2D eigenvalue weighted by atomic mass is 16.5. The van der Waals surface area contributed by atoms with Crippen molar-refractivity contribution in [3.8, 4) is 0 Å². The van der Waals surface area contributed by atoms with Gasteiger partial charge in [-0.3, -0.25) is 0 Å². The molecule has 2 saturated heterocycles. The van der Waals surface area contributed by atoms with E-state index in [4.69, 9.17) is 9.73 Å². The Morgan fingerprint density at radius 1 is 1.00 bits per heavy atom. The minimum absolute atomic E-state index is 0.669. The highest BCUT2D eigenvalue weighted by Crippen LogP contribution is 2.30. The summed E-state index contributed by atoms with van der Waals surface area (Å²) in [5.74, 6) is 1.07. The van der Waals surface area contributed by atoms with Crippen molar-refractivity contribution < 1.29 is 4.74 Å². The zero-order chi connectivity index (χ0) is 16.2. The molecule has 0 unspecified atom stereocenters. The van der Waals surface area contributed by atoms with Crippen molar-refractivity contribution in [1.29, 1.82) is 0 Å². The maximum Gasteiger partial charge on any atom is 0.199 e. The van der Waals surface area contributed by atoms with Crippen LogP contribution >= 0.6 is 0 Å². The number of morpholine rings is 1. The van der Waals surface area contributed by atoms with Crippen molar-refractivity contribution in [3.05, 3.63) is 24.3 Å². The van der Waals surface area contributed by atoms with Gasteiger partial charge in [0.2, 0.25) is 0 Å². The van der Waals surface area contributed by atoms with Crippen molar-refractivity contribution in [2.75, 3.05) is 44.3 Å². The molecule has 0 atom stereocenters. The average molecular weight is 328 g/mol. The number of nitrogens with one attached hydrogen (secondary N) is 1. The Balaban J connectivity index is 1.57. The molecule has 0 amide bonds. The van der Waals surface area contributed by atoms with Gasteiger partial charge in [-0.2, -0.15) is 0 Å². The van der Waals surface area contributed by atoms with E-state index in [9.17, 15) is 0 Å². The van der Waals surface area contributed by atoms with E-state index in [0.29, 0.717) is 6.04 Å². The molecule has 1 N–H and O–H groups in total. The third-order valence-corrected chi connectivity index (χ3v) is 5.38. The normalized spacial score (nSPS) is 24.4. The molecule has 2 heterocycles. The number of rotatable bonds is 3. The summed E-state index contributed by atoms with van der Waals surface area (Å²) in [6.07, 6.45) is 6.74. The number of hydrogen-bond donors (Lipinski definition) is 1. The van der Waals surface area contributed by atoms with Crippen molar-refractivity contribution in [3.63, 3.8) is 0 Å². The van der Waals surface area contributed by atoms with E-state index in [1.165, 1.54) is 37.8 Å². The quantitative estimate of drug-likeness (QED) is 0.926. The fourth-order valence-corrected chi connectivity index (χ4v) is 4.09. The van der Waals surface area contributed by atoms with Crippen molar-refractivity contribution >= 4 is 17.3 Å². The molecule has 3 fully saturated rings. The number of para-hydroxylation sites is 2. The van der Waals surface area contributed by atoms with Gasteiger partial charge >= 0.3 is 0 Å². The fraction of sp³-hybridized carbons (Fsp3) is 0.632. The summed E-state index contributed by atoms with van der Waals surface area (Å²) in [7, 11) is 0. The summed E-state index contributed by atoms with van der Waals surface area (Å²) in [6.45, 7) is 5.59. The molecule has 3 aliphatic rings. The predicted octanol–water partition coefficient (Wildman–Crippen LogP) is 2.75. The Labute approximate surface area is 144 Å². The summed E-state index contributed by atoms with van der Waals surface area (Å²) < 4.78 is 5.49. The number of ether oxygens (including phenoxy) is 1. The van der Waals surface area contributed by atoms with Gasteiger partial charge in [0.05, 0.1) is 24.6 Å².